The second kappa shape index (κ2) is 6.96. The largest absolute Gasteiger partial charge is 0.332 e. The van der Waals surface area contributed by atoms with Crippen molar-refractivity contribution in [1.29, 1.82) is 0 Å². The van der Waals surface area contributed by atoms with Gasteiger partial charge in [0, 0.05) is 11.6 Å². The van der Waals surface area contributed by atoms with E-state index < -0.39 is 5.54 Å². The standard InChI is InChI=1S/C19H19N7O.ClH/c1-12-15(17-22-18(24-27-17)19(20)9-2-3-10-19)23-25-26(12)14-8-4-6-13-7-5-11-21-16(13)14;/h4-8,11H,2-3,9-10,20H2,1H3;1H. The molecule has 0 saturated heterocycles. The van der Waals surface area contributed by atoms with E-state index in [9.17, 15) is 0 Å². The summed E-state index contributed by atoms with van der Waals surface area (Å²) in [6.45, 7) is 1.93. The first-order valence-corrected chi connectivity index (χ1v) is 9.06. The van der Waals surface area contributed by atoms with Crippen molar-refractivity contribution in [3.63, 3.8) is 0 Å². The monoisotopic (exact) mass is 397 g/mol. The third-order valence-corrected chi connectivity index (χ3v) is 5.30. The van der Waals surface area contributed by atoms with Gasteiger partial charge < -0.3 is 10.3 Å². The molecule has 1 fully saturated rings. The molecule has 1 aliphatic rings. The van der Waals surface area contributed by atoms with Crippen LogP contribution in [0.1, 0.15) is 37.2 Å². The number of hydrogen-bond acceptors (Lipinski definition) is 7. The lowest BCUT2D eigenvalue weighted by Crippen LogP contribution is -2.34. The number of halogens is 1. The first kappa shape index (κ1) is 18.5. The van der Waals surface area contributed by atoms with Crippen LogP contribution >= 0.6 is 12.4 Å². The molecular weight excluding hydrogens is 378 g/mol. The maximum atomic E-state index is 6.43. The molecule has 0 bridgehead atoms. The molecular formula is C19H20ClN7O. The normalized spacial score (nSPS) is 15.6. The quantitative estimate of drug-likeness (QED) is 0.564. The fraction of sp³-hybridized carbons (Fsp3) is 0.316. The first-order chi connectivity index (χ1) is 13.2. The van der Waals surface area contributed by atoms with Gasteiger partial charge in [-0.1, -0.05) is 41.4 Å². The van der Waals surface area contributed by atoms with Crippen LogP contribution in [-0.2, 0) is 5.54 Å². The van der Waals surface area contributed by atoms with E-state index >= 15 is 0 Å². The molecule has 1 saturated carbocycles. The van der Waals surface area contributed by atoms with Gasteiger partial charge in [0.2, 0.25) is 0 Å². The van der Waals surface area contributed by atoms with Gasteiger partial charge in [0.15, 0.2) is 11.5 Å². The van der Waals surface area contributed by atoms with Crippen LogP contribution in [0.3, 0.4) is 0 Å². The van der Waals surface area contributed by atoms with Crippen LogP contribution in [0.2, 0.25) is 0 Å². The topological polar surface area (TPSA) is 109 Å². The molecule has 1 aromatic carbocycles. The van der Waals surface area contributed by atoms with E-state index in [4.69, 9.17) is 10.3 Å². The Labute approximate surface area is 167 Å². The Morgan fingerprint density at radius 2 is 1.93 bits per heavy atom. The van der Waals surface area contributed by atoms with Crippen LogP contribution in [0.5, 0.6) is 0 Å². The summed E-state index contributed by atoms with van der Waals surface area (Å²) in [5.74, 6) is 0.898. The Balaban J connectivity index is 0.00000192. The molecule has 0 atom stereocenters. The fourth-order valence-electron chi connectivity index (χ4n) is 3.77. The molecule has 0 amide bonds. The van der Waals surface area contributed by atoms with Crippen molar-refractivity contribution >= 4 is 23.3 Å². The van der Waals surface area contributed by atoms with Gasteiger partial charge in [-0.3, -0.25) is 4.98 Å². The molecule has 0 radical (unpaired) electrons. The van der Waals surface area contributed by atoms with E-state index in [1.165, 1.54) is 0 Å². The molecule has 144 valence electrons. The summed E-state index contributed by atoms with van der Waals surface area (Å²) >= 11 is 0. The van der Waals surface area contributed by atoms with Gasteiger partial charge in [-0.05, 0) is 31.9 Å². The second-order valence-electron chi connectivity index (χ2n) is 7.07. The molecule has 3 heterocycles. The van der Waals surface area contributed by atoms with Gasteiger partial charge in [0.1, 0.15) is 0 Å². The highest BCUT2D eigenvalue weighted by molar-refractivity contribution is 5.86. The second-order valence-corrected chi connectivity index (χ2v) is 7.07. The third kappa shape index (κ3) is 2.85. The van der Waals surface area contributed by atoms with Gasteiger partial charge in [-0.15, -0.1) is 17.5 Å². The number of para-hydroxylation sites is 1. The minimum Gasteiger partial charge on any atom is -0.332 e. The summed E-state index contributed by atoms with van der Waals surface area (Å²) in [5.41, 5.74) is 9.02. The zero-order valence-corrected chi connectivity index (χ0v) is 16.2. The van der Waals surface area contributed by atoms with Crippen LogP contribution in [-0.4, -0.2) is 30.1 Å². The zero-order chi connectivity index (χ0) is 18.4. The smallest absolute Gasteiger partial charge is 0.280 e. The summed E-state index contributed by atoms with van der Waals surface area (Å²) < 4.78 is 7.23. The minimum absolute atomic E-state index is 0. The summed E-state index contributed by atoms with van der Waals surface area (Å²) in [7, 11) is 0. The molecule has 4 aromatic rings. The molecule has 0 spiro atoms. The third-order valence-electron chi connectivity index (χ3n) is 5.30. The summed E-state index contributed by atoms with van der Waals surface area (Å²) in [4.78, 5) is 9.02. The molecule has 28 heavy (non-hydrogen) atoms. The molecule has 8 nitrogen and oxygen atoms in total. The average Bonchev–Trinajstić information content (AvgIpc) is 3.42. The van der Waals surface area contributed by atoms with Gasteiger partial charge >= 0.3 is 0 Å². The van der Waals surface area contributed by atoms with E-state index in [1.54, 1.807) is 10.9 Å². The number of fused-ring (bicyclic) bond motifs is 1. The molecule has 5 rings (SSSR count). The SMILES string of the molecule is Cc1c(-c2nc(C3(N)CCCC3)no2)nnn1-c1cccc2cccnc12.Cl. The van der Waals surface area contributed by atoms with E-state index in [0.29, 0.717) is 17.4 Å². The Morgan fingerprint density at radius 3 is 2.75 bits per heavy atom. The van der Waals surface area contributed by atoms with Crippen LogP contribution in [0.25, 0.3) is 28.2 Å². The highest BCUT2D eigenvalue weighted by atomic mass is 35.5. The zero-order valence-electron chi connectivity index (χ0n) is 15.4. The van der Waals surface area contributed by atoms with E-state index in [1.807, 2.05) is 37.3 Å². The van der Waals surface area contributed by atoms with Gasteiger partial charge in [-0.2, -0.15) is 4.98 Å². The molecule has 0 unspecified atom stereocenters. The molecule has 1 aliphatic carbocycles. The lowest BCUT2D eigenvalue weighted by atomic mass is 9.99. The summed E-state index contributed by atoms with van der Waals surface area (Å²) in [5, 5.41) is 13.7. The van der Waals surface area contributed by atoms with Gasteiger partial charge in [-0.25, -0.2) is 4.68 Å². The number of nitrogens with two attached hydrogens (primary N) is 1. The van der Waals surface area contributed by atoms with Crippen LogP contribution in [0.15, 0.2) is 41.1 Å². The Morgan fingerprint density at radius 1 is 1.14 bits per heavy atom. The van der Waals surface area contributed by atoms with Crippen molar-refractivity contribution in [3.05, 3.63) is 48.0 Å². The van der Waals surface area contributed by atoms with E-state index in [0.717, 1.165) is 48.0 Å². The van der Waals surface area contributed by atoms with Gasteiger partial charge in [0.05, 0.1) is 22.4 Å². The first-order valence-electron chi connectivity index (χ1n) is 9.06. The van der Waals surface area contributed by atoms with Crippen molar-refractivity contribution < 1.29 is 4.52 Å². The Bertz CT molecular complexity index is 1120. The number of pyridine rings is 1. The molecule has 2 N–H and O–H groups in total. The number of benzene rings is 1. The lowest BCUT2D eigenvalue weighted by Gasteiger charge is -2.17. The van der Waals surface area contributed by atoms with Crippen molar-refractivity contribution in [3.8, 4) is 17.3 Å². The summed E-state index contributed by atoms with van der Waals surface area (Å²) in [6.07, 6.45) is 5.69. The maximum Gasteiger partial charge on any atom is 0.280 e. The number of rotatable bonds is 3. The fourth-order valence-corrected chi connectivity index (χ4v) is 3.77. The number of aromatic nitrogens is 6. The van der Waals surface area contributed by atoms with Crippen molar-refractivity contribution in [2.45, 2.75) is 38.1 Å². The van der Waals surface area contributed by atoms with Crippen molar-refractivity contribution in [2.75, 3.05) is 0 Å². The molecule has 0 aliphatic heterocycles. The van der Waals surface area contributed by atoms with Crippen LogP contribution < -0.4 is 5.73 Å². The van der Waals surface area contributed by atoms with Crippen molar-refractivity contribution in [1.82, 2.24) is 30.1 Å². The molecule has 9 heteroatoms. The predicted octanol–water partition coefficient (Wildman–Crippen LogP) is 3.32. The average molecular weight is 398 g/mol. The number of nitrogens with zero attached hydrogens (tertiary/aromatic N) is 6. The Kier molecular flexibility index (Phi) is 4.60. The van der Waals surface area contributed by atoms with Gasteiger partial charge in [0.25, 0.3) is 5.89 Å². The summed E-state index contributed by atoms with van der Waals surface area (Å²) in [6, 6.07) is 9.89. The number of hydrogen-bond donors (Lipinski definition) is 1. The predicted molar refractivity (Wildman–Crippen MR) is 106 cm³/mol. The van der Waals surface area contributed by atoms with Crippen LogP contribution in [0.4, 0.5) is 0 Å². The lowest BCUT2D eigenvalue weighted by molar-refractivity contribution is 0.372. The minimum atomic E-state index is -0.495. The maximum absolute atomic E-state index is 6.43. The highest BCUT2D eigenvalue weighted by Crippen LogP contribution is 2.35. The highest BCUT2D eigenvalue weighted by Gasteiger charge is 2.36. The van der Waals surface area contributed by atoms with E-state index in [2.05, 4.69) is 25.4 Å². The van der Waals surface area contributed by atoms with Crippen LogP contribution in [0, 0.1) is 6.92 Å². The van der Waals surface area contributed by atoms with E-state index in [-0.39, 0.29) is 12.4 Å². The molecule has 3 aromatic heterocycles. The van der Waals surface area contributed by atoms with Crippen molar-refractivity contribution in [2.24, 2.45) is 5.73 Å². The Hall–Kier alpha value is -2.84.